The van der Waals surface area contributed by atoms with E-state index in [2.05, 4.69) is 13.8 Å². The summed E-state index contributed by atoms with van der Waals surface area (Å²) >= 11 is 0. The Kier molecular flexibility index (Phi) is 7.20. The van der Waals surface area contributed by atoms with E-state index in [0.29, 0.717) is 0 Å². The van der Waals surface area contributed by atoms with Gasteiger partial charge in [-0.1, -0.05) is 40.0 Å². The first-order valence-corrected chi connectivity index (χ1v) is 5.97. The highest BCUT2D eigenvalue weighted by atomic mass is 16.3. The average Bonchev–Trinajstić information content (AvgIpc) is 2.22. The van der Waals surface area contributed by atoms with Crippen molar-refractivity contribution < 1.29 is 10.2 Å². The zero-order valence-corrected chi connectivity index (χ0v) is 9.92. The van der Waals surface area contributed by atoms with E-state index < -0.39 is 5.60 Å². The van der Waals surface area contributed by atoms with Crippen LogP contribution in [0.2, 0.25) is 0 Å². The molecule has 0 aliphatic carbocycles. The summed E-state index contributed by atoms with van der Waals surface area (Å²) in [6.07, 6.45) is 5.55. The number of rotatable bonds is 8. The van der Waals surface area contributed by atoms with Gasteiger partial charge in [-0.05, 0) is 25.2 Å². The van der Waals surface area contributed by atoms with Crippen molar-refractivity contribution in [3.05, 3.63) is 0 Å². The third kappa shape index (κ3) is 3.97. The van der Waals surface area contributed by atoms with E-state index in [9.17, 15) is 5.11 Å². The lowest BCUT2D eigenvalue weighted by molar-refractivity contribution is -0.0410. The second-order valence-corrected chi connectivity index (χ2v) is 4.18. The van der Waals surface area contributed by atoms with Gasteiger partial charge < -0.3 is 10.2 Å². The molecule has 0 aromatic carbocycles. The van der Waals surface area contributed by atoms with Crippen molar-refractivity contribution in [2.75, 3.05) is 6.61 Å². The fourth-order valence-corrected chi connectivity index (χ4v) is 2.16. The van der Waals surface area contributed by atoms with E-state index in [0.717, 1.165) is 38.5 Å². The molecular formula is C12H26O2. The molecule has 0 saturated heterocycles. The Bertz CT molecular complexity index is 136. The zero-order chi connectivity index (χ0) is 11.0. The van der Waals surface area contributed by atoms with Gasteiger partial charge in [-0.25, -0.2) is 0 Å². The fourth-order valence-electron chi connectivity index (χ4n) is 2.16. The summed E-state index contributed by atoms with van der Waals surface area (Å²) in [6.45, 7) is 6.46. The molecule has 0 bridgehead atoms. The standard InChI is InChI=1S/C12H26O2/c1-4-7-9-12(14,6-3)11(5-2)8-10-13/h11,13-14H,4-10H2,1-3H3. The van der Waals surface area contributed by atoms with Crippen LogP contribution in [0.5, 0.6) is 0 Å². The first kappa shape index (κ1) is 13.9. The lowest BCUT2D eigenvalue weighted by Crippen LogP contribution is -2.37. The van der Waals surface area contributed by atoms with E-state index in [1.165, 1.54) is 0 Å². The molecular weight excluding hydrogens is 176 g/mol. The Hall–Kier alpha value is -0.0800. The second-order valence-electron chi connectivity index (χ2n) is 4.18. The van der Waals surface area contributed by atoms with Gasteiger partial charge in [0.1, 0.15) is 0 Å². The smallest absolute Gasteiger partial charge is 0.0674 e. The van der Waals surface area contributed by atoms with Crippen molar-refractivity contribution in [3.63, 3.8) is 0 Å². The van der Waals surface area contributed by atoms with E-state index in [1.54, 1.807) is 0 Å². The summed E-state index contributed by atoms with van der Waals surface area (Å²) < 4.78 is 0. The van der Waals surface area contributed by atoms with Gasteiger partial charge in [0.2, 0.25) is 0 Å². The van der Waals surface area contributed by atoms with Gasteiger partial charge in [0.05, 0.1) is 5.60 Å². The predicted molar refractivity (Wildman–Crippen MR) is 60.2 cm³/mol. The average molecular weight is 202 g/mol. The van der Waals surface area contributed by atoms with Crippen molar-refractivity contribution in [3.8, 4) is 0 Å². The molecule has 0 rings (SSSR count). The Labute approximate surface area is 88.3 Å². The van der Waals surface area contributed by atoms with Crippen LogP contribution in [0.3, 0.4) is 0 Å². The Balaban J connectivity index is 4.28. The maximum absolute atomic E-state index is 10.4. The summed E-state index contributed by atoms with van der Waals surface area (Å²) in [6, 6.07) is 0. The second kappa shape index (κ2) is 7.24. The largest absolute Gasteiger partial charge is 0.396 e. The van der Waals surface area contributed by atoms with E-state index in [-0.39, 0.29) is 12.5 Å². The zero-order valence-electron chi connectivity index (χ0n) is 9.92. The molecule has 86 valence electrons. The van der Waals surface area contributed by atoms with E-state index >= 15 is 0 Å². The van der Waals surface area contributed by atoms with Crippen LogP contribution in [-0.2, 0) is 0 Å². The molecule has 0 aromatic rings. The van der Waals surface area contributed by atoms with Crippen molar-refractivity contribution in [2.45, 2.75) is 64.9 Å². The first-order chi connectivity index (χ1) is 6.64. The Morgan fingerprint density at radius 2 is 1.86 bits per heavy atom. The normalized spacial score (nSPS) is 17.8. The molecule has 2 N–H and O–H groups in total. The van der Waals surface area contributed by atoms with Crippen LogP contribution >= 0.6 is 0 Å². The minimum absolute atomic E-state index is 0.187. The molecule has 0 fully saturated rings. The van der Waals surface area contributed by atoms with E-state index in [4.69, 9.17) is 5.11 Å². The Morgan fingerprint density at radius 1 is 1.21 bits per heavy atom. The maximum Gasteiger partial charge on any atom is 0.0674 e. The third-order valence-corrected chi connectivity index (χ3v) is 3.31. The van der Waals surface area contributed by atoms with Gasteiger partial charge in [0.15, 0.2) is 0 Å². The number of unbranched alkanes of at least 4 members (excludes halogenated alkanes) is 1. The summed E-state index contributed by atoms with van der Waals surface area (Å²) in [5.41, 5.74) is -0.548. The molecule has 0 saturated carbocycles. The van der Waals surface area contributed by atoms with Gasteiger partial charge in [0, 0.05) is 6.61 Å². The minimum atomic E-state index is -0.548. The number of hydrogen-bond acceptors (Lipinski definition) is 2. The molecule has 2 atom stereocenters. The highest BCUT2D eigenvalue weighted by Crippen LogP contribution is 2.31. The van der Waals surface area contributed by atoms with Crippen LogP contribution < -0.4 is 0 Å². The fraction of sp³-hybridized carbons (Fsp3) is 1.00. The van der Waals surface area contributed by atoms with Gasteiger partial charge in [0.25, 0.3) is 0 Å². The van der Waals surface area contributed by atoms with Gasteiger partial charge in [-0.2, -0.15) is 0 Å². The SMILES string of the molecule is CCCCC(O)(CC)C(CC)CCO. The molecule has 14 heavy (non-hydrogen) atoms. The van der Waals surface area contributed by atoms with Gasteiger partial charge in [-0.3, -0.25) is 0 Å². The number of hydrogen-bond donors (Lipinski definition) is 2. The van der Waals surface area contributed by atoms with Crippen molar-refractivity contribution in [2.24, 2.45) is 5.92 Å². The summed E-state index contributed by atoms with van der Waals surface area (Å²) in [4.78, 5) is 0. The predicted octanol–water partition coefficient (Wildman–Crippen LogP) is 2.73. The van der Waals surface area contributed by atoms with Crippen LogP contribution in [0, 0.1) is 5.92 Å². The van der Waals surface area contributed by atoms with Crippen molar-refractivity contribution in [1.29, 1.82) is 0 Å². The summed E-state index contributed by atoms with van der Waals surface area (Å²) in [7, 11) is 0. The van der Waals surface area contributed by atoms with E-state index in [1.807, 2.05) is 6.92 Å². The van der Waals surface area contributed by atoms with Crippen molar-refractivity contribution >= 4 is 0 Å². The van der Waals surface area contributed by atoms with Crippen LogP contribution in [0.4, 0.5) is 0 Å². The molecule has 2 nitrogen and oxygen atoms in total. The topological polar surface area (TPSA) is 40.5 Å². The maximum atomic E-state index is 10.4. The minimum Gasteiger partial charge on any atom is -0.396 e. The molecule has 0 radical (unpaired) electrons. The summed E-state index contributed by atoms with van der Waals surface area (Å²) in [5.74, 6) is 0.254. The molecule has 0 aromatic heterocycles. The molecule has 2 unspecified atom stereocenters. The quantitative estimate of drug-likeness (QED) is 0.635. The molecule has 0 amide bonds. The molecule has 0 aliphatic heterocycles. The van der Waals surface area contributed by atoms with Gasteiger partial charge >= 0.3 is 0 Å². The highest BCUT2D eigenvalue weighted by molar-refractivity contribution is 4.84. The van der Waals surface area contributed by atoms with Crippen LogP contribution in [-0.4, -0.2) is 22.4 Å². The monoisotopic (exact) mass is 202 g/mol. The molecule has 0 spiro atoms. The highest BCUT2D eigenvalue weighted by Gasteiger charge is 2.32. The molecule has 0 aliphatic rings. The first-order valence-electron chi connectivity index (χ1n) is 5.97. The van der Waals surface area contributed by atoms with Crippen LogP contribution in [0.15, 0.2) is 0 Å². The molecule has 2 heteroatoms. The molecule has 0 heterocycles. The Morgan fingerprint density at radius 3 is 2.21 bits per heavy atom. The lowest BCUT2D eigenvalue weighted by atomic mass is 9.78. The summed E-state index contributed by atoms with van der Waals surface area (Å²) in [5, 5.41) is 19.4. The lowest BCUT2D eigenvalue weighted by Gasteiger charge is -2.35. The van der Waals surface area contributed by atoms with Crippen LogP contribution in [0.25, 0.3) is 0 Å². The number of aliphatic hydroxyl groups is 2. The third-order valence-electron chi connectivity index (χ3n) is 3.31. The van der Waals surface area contributed by atoms with Crippen LogP contribution in [0.1, 0.15) is 59.3 Å². The number of aliphatic hydroxyl groups excluding tert-OH is 1. The van der Waals surface area contributed by atoms with Gasteiger partial charge in [-0.15, -0.1) is 0 Å². The van der Waals surface area contributed by atoms with Crippen molar-refractivity contribution in [1.82, 2.24) is 0 Å².